The Labute approximate surface area is 192 Å². The maximum absolute atomic E-state index is 11.2. The number of carboxylic acids is 1. The van der Waals surface area contributed by atoms with Crippen molar-refractivity contribution in [1.29, 1.82) is 0 Å². The molecule has 0 aliphatic carbocycles. The normalized spacial score (nSPS) is 16.2. The molecule has 1 saturated heterocycles. The second kappa shape index (κ2) is 10.7. The Hall–Kier alpha value is -1.47. The van der Waals surface area contributed by atoms with Crippen LogP contribution in [0.3, 0.4) is 0 Å². The largest absolute Gasteiger partial charge is 0.488 e. The number of halogens is 1. The van der Waals surface area contributed by atoms with Gasteiger partial charge in [0.15, 0.2) is 0 Å². The van der Waals surface area contributed by atoms with Gasteiger partial charge in [0.2, 0.25) is 0 Å². The molecule has 7 heteroatoms. The van der Waals surface area contributed by atoms with E-state index in [1.807, 2.05) is 30.0 Å². The molecule has 3 heterocycles. The molecular weight excluding hydrogens is 438 g/mol. The van der Waals surface area contributed by atoms with E-state index in [2.05, 4.69) is 22.6 Å². The zero-order valence-electron chi connectivity index (χ0n) is 17.2. The Balaban J connectivity index is 0.00000256. The van der Waals surface area contributed by atoms with E-state index in [-0.39, 0.29) is 18.8 Å². The number of hydrogen-bond acceptors (Lipinski definition) is 5. The van der Waals surface area contributed by atoms with Crippen molar-refractivity contribution in [2.24, 2.45) is 0 Å². The predicted octanol–water partition coefficient (Wildman–Crippen LogP) is 5.34. The summed E-state index contributed by atoms with van der Waals surface area (Å²) in [5.41, 5.74) is 5.90. The van der Waals surface area contributed by atoms with Crippen LogP contribution < -0.4 is 4.74 Å². The number of nitrogens with zero attached hydrogens (tertiary/aromatic N) is 1. The average molecular weight is 466 g/mol. The van der Waals surface area contributed by atoms with Gasteiger partial charge in [-0.25, -0.2) is 0 Å². The van der Waals surface area contributed by atoms with Crippen molar-refractivity contribution in [3.05, 3.63) is 56.8 Å². The number of piperidine rings is 1. The minimum atomic E-state index is -0.802. The van der Waals surface area contributed by atoms with Gasteiger partial charge in [-0.2, -0.15) is 11.8 Å². The molecule has 1 fully saturated rings. The van der Waals surface area contributed by atoms with Crippen molar-refractivity contribution in [3.8, 4) is 5.75 Å². The van der Waals surface area contributed by atoms with E-state index in [0.717, 1.165) is 42.8 Å². The van der Waals surface area contributed by atoms with Crippen molar-refractivity contribution in [2.75, 3.05) is 31.6 Å². The Morgan fingerprint density at radius 2 is 2.07 bits per heavy atom. The van der Waals surface area contributed by atoms with E-state index in [1.54, 1.807) is 11.3 Å². The Morgan fingerprint density at radius 3 is 2.80 bits per heavy atom. The first-order valence-corrected chi connectivity index (χ1v) is 12.4. The van der Waals surface area contributed by atoms with Crippen molar-refractivity contribution >= 4 is 47.0 Å². The highest BCUT2D eigenvalue weighted by molar-refractivity contribution is 7.98. The molecule has 0 unspecified atom stereocenters. The van der Waals surface area contributed by atoms with Gasteiger partial charge in [-0.1, -0.05) is 11.6 Å². The zero-order chi connectivity index (χ0) is 20.2. The number of thiophene rings is 1. The molecule has 4 rings (SSSR count). The molecule has 0 atom stereocenters. The van der Waals surface area contributed by atoms with Crippen LogP contribution in [0.15, 0.2) is 35.2 Å². The Morgan fingerprint density at radius 1 is 1.27 bits per heavy atom. The lowest BCUT2D eigenvalue weighted by Gasteiger charge is -2.30. The van der Waals surface area contributed by atoms with E-state index in [0.29, 0.717) is 6.61 Å². The van der Waals surface area contributed by atoms with Crippen LogP contribution in [0.2, 0.25) is 0 Å². The summed E-state index contributed by atoms with van der Waals surface area (Å²) in [6.07, 6.45) is 5.58. The third-order valence-electron chi connectivity index (χ3n) is 5.66. The lowest BCUT2D eigenvalue weighted by molar-refractivity contribution is -0.136. The number of carbonyl (C=O) groups is 1. The first kappa shape index (κ1) is 23.2. The summed E-state index contributed by atoms with van der Waals surface area (Å²) >= 11 is 3.69. The summed E-state index contributed by atoms with van der Waals surface area (Å²) < 4.78 is 6.11. The fourth-order valence-electron chi connectivity index (χ4n) is 4.21. The van der Waals surface area contributed by atoms with E-state index in [1.165, 1.54) is 40.3 Å². The van der Waals surface area contributed by atoms with Crippen LogP contribution in [-0.4, -0.2) is 47.6 Å². The van der Waals surface area contributed by atoms with Gasteiger partial charge in [-0.15, -0.1) is 23.7 Å². The molecule has 1 aromatic carbocycles. The van der Waals surface area contributed by atoms with Crippen molar-refractivity contribution in [2.45, 2.75) is 32.3 Å². The number of fused-ring (bicyclic) bond motifs is 2. The molecule has 2 aliphatic rings. The van der Waals surface area contributed by atoms with Crippen molar-refractivity contribution in [3.63, 3.8) is 0 Å². The van der Waals surface area contributed by atoms with Gasteiger partial charge in [-0.3, -0.25) is 4.79 Å². The molecule has 162 valence electrons. The Kier molecular flexibility index (Phi) is 8.28. The van der Waals surface area contributed by atoms with E-state index >= 15 is 0 Å². The van der Waals surface area contributed by atoms with Crippen LogP contribution in [0.4, 0.5) is 0 Å². The maximum atomic E-state index is 11.2. The van der Waals surface area contributed by atoms with Gasteiger partial charge >= 0.3 is 5.97 Å². The van der Waals surface area contributed by atoms with Crippen LogP contribution in [0.25, 0.3) is 5.57 Å². The van der Waals surface area contributed by atoms with Crippen LogP contribution in [0, 0.1) is 0 Å². The summed E-state index contributed by atoms with van der Waals surface area (Å²) in [7, 11) is 0. The lowest BCUT2D eigenvalue weighted by Crippen LogP contribution is -2.32. The van der Waals surface area contributed by atoms with Crippen LogP contribution in [-0.2, 0) is 17.8 Å². The van der Waals surface area contributed by atoms with Crippen LogP contribution >= 0.6 is 35.5 Å². The highest BCUT2D eigenvalue weighted by Gasteiger charge is 2.26. The summed E-state index contributed by atoms with van der Waals surface area (Å²) in [6, 6.07) is 8.01. The standard InChI is InChI=1S/C23H27NO3S2.ClH/c1-28-11-2-8-24-9-5-17(6-10-24)22-19-13-16(14-21(25)26)3-4-20(19)27-15-18-7-12-29-23(18)22;/h3-4,7,12-13H,2,5-6,8-11,14-15H2,1H3,(H,25,26);1H. The van der Waals surface area contributed by atoms with Gasteiger partial charge in [0.25, 0.3) is 0 Å². The first-order valence-electron chi connectivity index (χ1n) is 10.1. The molecule has 0 saturated carbocycles. The van der Waals surface area contributed by atoms with Gasteiger partial charge in [0, 0.05) is 34.7 Å². The molecule has 0 amide bonds. The molecular formula is C23H28ClNO3S2. The van der Waals surface area contributed by atoms with E-state index in [9.17, 15) is 9.90 Å². The minimum absolute atomic E-state index is 0. The zero-order valence-corrected chi connectivity index (χ0v) is 19.6. The number of benzene rings is 1. The highest BCUT2D eigenvalue weighted by atomic mass is 35.5. The molecule has 2 aliphatic heterocycles. The first-order chi connectivity index (χ1) is 14.2. The summed E-state index contributed by atoms with van der Waals surface area (Å²) in [4.78, 5) is 15.1. The number of likely N-dealkylation sites (tertiary alicyclic amines) is 1. The number of hydrogen-bond donors (Lipinski definition) is 1. The quantitative estimate of drug-likeness (QED) is 0.583. The SMILES string of the molecule is CSCCCN1CCC(=C2c3cc(CC(=O)O)ccc3OCc3ccsc32)CC1.Cl. The number of carboxylic acid groups (broad SMARTS) is 1. The van der Waals surface area contributed by atoms with E-state index < -0.39 is 5.97 Å². The molecule has 1 aromatic heterocycles. The van der Waals surface area contributed by atoms with Gasteiger partial charge < -0.3 is 14.7 Å². The number of thioether (sulfide) groups is 1. The van der Waals surface area contributed by atoms with Crippen LogP contribution in [0.5, 0.6) is 5.75 Å². The predicted molar refractivity (Wildman–Crippen MR) is 128 cm³/mol. The number of aliphatic carboxylic acids is 1. The monoisotopic (exact) mass is 465 g/mol. The Bertz CT molecular complexity index is 915. The number of rotatable bonds is 6. The lowest BCUT2D eigenvalue weighted by atomic mass is 9.89. The highest BCUT2D eigenvalue weighted by Crippen LogP contribution is 2.43. The molecule has 2 aromatic rings. The van der Waals surface area contributed by atoms with Crippen LogP contribution in [0.1, 0.15) is 40.8 Å². The molecule has 30 heavy (non-hydrogen) atoms. The van der Waals surface area contributed by atoms with Gasteiger partial charge in [-0.05, 0) is 67.0 Å². The topological polar surface area (TPSA) is 49.8 Å². The fourth-order valence-corrected chi connectivity index (χ4v) is 5.65. The van der Waals surface area contributed by atoms with E-state index in [4.69, 9.17) is 4.74 Å². The molecule has 0 radical (unpaired) electrons. The van der Waals surface area contributed by atoms with Crippen molar-refractivity contribution in [1.82, 2.24) is 4.90 Å². The van der Waals surface area contributed by atoms with Gasteiger partial charge in [0.1, 0.15) is 12.4 Å². The maximum Gasteiger partial charge on any atom is 0.307 e. The summed E-state index contributed by atoms with van der Waals surface area (Å²) in [5.74, 6) is 1.29. The molecule has 0 bridgehead atoms. The average Bonchev–Trinajstić information content (AvgIpc) is 3.11. The molecule has 0 spiro atoms. The second-order valence-corrected chi connectivity index (χ2v) is 9.53. The minimum Gasteiger partial charge on any atom is -0.488 e. The smallest absolute Gasteiger partial charge is 0.307 e. The third kappa shape index (κ3) is 5.22. The fraction of sp³-hybridized carbons (Fsp3) is 0.435. The van der Waals surface area contributed by atoms with Crippen molar-refractivity contribution < 1.29 is 14.6 Å². The number of ether oxygens (including phenoxy) is 1. The summed E-state index contributed by atoms with van der Waals surface area (Å²) in [6.45, 7) is 3.94. The van der Waals surface area contributed by atoms with Gasteiger partial charge in [0.05, 0.1) is 6.42 Å². The molecule has 4 nitrogen and oxygen atoms in total. The summed E-state index contributed by atoms with van der Waals surface area (Å²) in [5, 5.41) is 11.4. The molecule has 1 N–H and O–H groups in total. The third-order valence-corrected chi connectivity index (χ3v) is 7.33. The second-order valence-electron chi connectivity index (χ2n) is 7.63.